The Morgan fingerprint density at radius 2 is 1.77 bits per heavy atom. The van der Waals surface area contributed by atoms with Gasteiger partial charge in [-0.2, -0.15) is 4.37 Å². The molecule has 2 aromatic heterocycles. The summed E-state index contributed by atoms with van der Waals surface area (Å²) >= 11 is 1.27. The molecule has 1 aliphatic heterocycles. The molecule has 108 valence electrons. The number of nitrogens with one attached hydrogen (secondary N) is 2. The number of rotatable bonds is 1. The van der Waals surface area contributed by atoms with Crippen LogP contribution in [0.1, 0.15) is 0 Å². The van der Waals surface area contributed by atoms with Crippen LogP contribution in [0.5, 0.6) is 0 Å². The van der Waals surface area contributed by atoms with E-state index < -0.39 is 17.8 Å². The molecule has 0 spiro atoms. The van der Waals surface area contributed by atoms with Crippen LogP contribution in [-0.4, -0.2) is 26.8 Å². The van der Waals surface area contributed by atoms with Gasteiger partial charge >= 0.3 is 6.03 Å². The van der Waals surface area contributed by atoms with E-state index in [4.69, 9.17) is 0 Å². The first-order valence-electron chi connectivity index (χ1n) is 6.37. The van der Waals surface area contributed by atoms with Crippen molar-refractivity contribution in [3.05, 3.63) is 36.0 Å². The molecule has 2 N–H and O–H groups in total. The van der Waals surface area contributed by atoms with Crippen LogP contribution in [0.15, 0.2) is 36.0 Å². The summed E-state index contributed by atoms with van der Waals surface area (Å²) < 4.78 is 5.89. The van der Waals surface area contributed by atoms with Crippen LogP contribution < -0.4 is 10.6 Å². The van der Waals surface area contributed by atoms with E-state index in [2.05, 4.69) is 15.0 Å². The average molecular weight is 312 g/mol. The number of nitrogens with zero attached hydrogens (tertiary/aromatic N) is 2. The van der Waals surface area contributed by atoms with Crippen LogP contribution >= 0.6 is 11.5 Å². The van der Waals surface area contributed by atoms with Crippen LogP contribution in [0.4, 0.5) is 4.79 Å². The number of urea groups is 1. The van der Waals surface area contributed by atoms with Crippen molar-refractivity contribution in [1.82, 2.24) is 19.6 Å². The Bertz CT molecular complexity index is 976. The minimum absolute atomic E-state index is 0.129. The fraction of sp³-hybridized carbons (Fsp3) is 0. The Labute approximate surface area is 127 Å². The number of amides is 4. The summed E-state index contributed by atoms with van der Waals surface area (Å²) in [6.07, 6.45) is 3.18. The molecule has 4 amide bonds. The number of para-hydroxylation sites is 1. The maximum atomic E-state index is 11.9. The highest BCUT2D eigenvalue weighted by molar-refractivity contribution is 7.13. The van der Waals surface area contributed by atoms with Crippen LogP contribution in [0.3, 0.4) is 0 Å². The van der Waals surface area contributed by atoms with Crippen LogP contribution in [0.25, 0.3) is 27.3 Å². The van der Waals surface area contributed by atoms with Crippen LogP contribution in [0.2, 0.25) is 0 Å². The molecule has 0 radical (unpaired) electrons. The minimum Gasteiger partial charge on any atom is -0.305 e. The SMILES string of the molecule is O=C1NC(=O)C(=Cn2c3ccccc3c3cnsc32)C(=O)N1. The second kappa shape index (κ2) is 4.50. The molecule has 1 aromatic carbocycles. The summed E-state index contributed by atoms with van der Waals surface area (Å²) in [6, 6.07) is 6.82. The average Bonchev–Trinajstić information content (AvgIpc) is 3.04. The van der Waals surface area contributed by atoms with Crippen LogP contribution in [-0.2, 0) is 9.59 Å². The van der Waals surface area contributed by atoms with E-state index in [9.17, 15) is 14.4 Å². The van der Waals surface area contributed by atoms with Crippen molar-refractivity contribution in [1.29, 1.82) is 0 Å². The molecular formula is C14H8N4O3S. The molecule has 8 heteroatoms. The van der Waals surface area contributed by atoms with Gasteiger partial charge < -0.3 is 4.57 Å². The highest BCUT2D eigenvalue weighted by atomic mass is 32.1. The quantitative estimate of drug-likeness (QED) is 0.525. The van der Waals surface area contributed by atoms with Gasteiger partial charge in [0.1, 0.15) is 10.4 Å². The van der Waals surface area contributed by atoms with Crippen molar-refractivity contribution in [2.24, 2.45) is 0 Å². The number of imide groups is 2. The van der Waals surface area contributed by atoms with Gasteiger partial charge in [0.25, 0.3) is 11.8 Å². The second-order valence-corrected chi connectivity index (χ2v) is 5.49. The fourth-order valence-corrected chi connectivity index (χ4v) is 3.22. The van der Waals surface area contributed by atoms with Crippen LogP contribution in [0, 0.1) is 0 Å². The molecular weight excluding hydrogens is 304 g/mol. The lowest BCUT2D eigenvalue weighted by atomic mass is 10.2. The standard InChI is InChI=1S/C14H8N4O3S/c19-11-9(12(20)17-14(21)16-11)6-18-10-4-2-1-3-7(10)8-5-15-22-13(8)18/h1-6H,(H2,16,17,19,20,21). The van der Waals surface area contributed by atoms with Gasteiger partial charge in [0.15, 0.2) is 0 Å². The first kappa shape index (κ1) is 12.7. The zero-order chi connectivity index (χ0) is 15.3. The van der Waals surface area contributed by atoms with Crippen molar-refractivity contribution in [3.8, 4) is 0 Å². The van der Waals surface area contributed by atoms with Crippen molar-refractivity contribution >= 4 is 56.7 Å². The lowest BCUT2D eigenvalue weighted by Crippen LogP contribution is -2.51. The first-order chi connectivity index (χ1) is 10.6. The minimum atomic E-state index is -0.813. The van der Waals surface area contributed by atoms with E-state index >= 15 is 0 Å². The molecule has 3 heterocycles. The number of fused-ring (bicyclic) bond motifs is 3. The molecule has 0 atom stereocenters. The molecule has 0 saturated carbocycles. The van der Waals surface area contributed by atoms with Gasteiger partial charge in [0.2, 0.25) is 0 Å². The van der Waals surface area contributed by atoms with E-state index in [0.29, 0.717) is 0 Å². The van der Waals surface area contributed by atoms with Crippen molar-refractivity contribution in [2.45, 2.75) is 0 Å². The number of carbonyl (C=O) groups excluding carboxylic acids is 3. The van der Waals surface area contributed by atoms with Gasteiger partial charge in [-0.1, -0.05) is 18.2 Å². The molecule has 0 unspecified atom stereocenters. The highest BCUT2D eigenvalue weighted by Crippen LogP contribution is 2.31. The molecule has 4 rings (SSSR count). The van der Waals surface area contributed by atoms with Crippen molar-refractivity contribution < 1.29 is 14.4 Å². The van der Waals surface area contributed by atoms with Gasteiger partial charge in [-0.25, -0.2) is 4.79 Å². The summed E-state index contributed by atoms with van der Waals surface area (Å²) in [5, 5.41) is 6.05. The van der Waals surface area contributed by atoms with Gasteiger partial charge in [-0.15, -0.1) is 0 Å². The van der Waals surface area contributed by atoms with E-state index in [0.717, 1.165) is 21.1 Å². The number of carbonyl (C=O) groups is 3. The normalized spacial score (nSPS) is 15.3. The number of hydrogen-bond acceptors (Lipinski definition) is 5. The number of hydrogen-bond donors (Lipinski definition) is 2. The lowest BCUT2D eigenvalue weighted by Gasteiger charge is -2.14. The van der Waals surface area contributed by atoms with Gasteiger partial charge in [-0.3, -0.25) is 20.2 Å². The topological polar surface area (TPSA) is 93.1 Å². The first-order valence-corrected chi connectivity index (χ1v) is 7.14. The predicted octanol–water partition coefficient (Wildman–Crippen LogP) is 1.46. The summed E-state index contributed by atoms with van der Waals surface area (Å²) in [4.78, 5) is 35.7. The zero-order valence-corrected chi connectivity index (χ0v) is 11.8. The summed E-state index contributed by atoms with van der Waals surface area (Å²) in [7, 11) is 0. The Hall–Kier alpha value is -3.00. The van der Waals surface area contributed by atoms with E-state index in [1.165, 1.54) is 17.7 Å². The zero-order valence-electron chi connectivity index (χ0n) is 11.0. The highest BCUT2D eigenvalue weighted by Gasteiger charge is 2.28. The molecule has 0 bridgehead atoms. The third-order valence-corrected chi connectivity index (χ3v) is 4.23. The molecule has 1 aliphatic rings. The smallest absolute Gasteiger partial charge is 0.305 e. The number of barbiturate groups is 1. The maximum Gasteiger partial charge on any atom is 0.328 e. The van der Waals surface area contributed by atoms with Crippen molar-refractivity contribution in [3.63, 3.8) is 0 Å². The number of aromatic nitrogens is 2. The molecule has 0 aliphatic carbocycles. The summed E-state index contributed by atoms with van der Waals surface area (Å²) in [6.45, 7) is 0. The van der Waals surface area contributed by atoms with E-state index in [-0.39, 0.29) is 5.57 Å². The molecule has 22 heavy (non-hydrogen) atoms. The Kier molecular flexibility index (Phi) is 2.60. The predicted molar refractivity (Wildman–Crippen MR) is 81.1 cm³/mol. The van der Waals surface area contributed by atoms with Gasteiger partial charge in [0.05, 0.1) is 11.7 Å². The lowest BCUT2D eigenvalue weighted by molar-refractivity contribution is -0.123. The summed E-state index contributed by atoms with van der Waals surface area (Å²) in [5.41, 5.74) is 0.729. The van der Waals surface area contributed by atoms with E-state index in [1.807, 2.05) is 24.3 Å². The summed E-state index contributed by atoms with van der Waals surface area (Å²) in [5.74, 6) is -1.44. The Morgan fingerprint density at radius 1 is 1.05 bits per heavy atom. The van der Waals surface area contributed by atoms with E-state index in [1.54, 1.807) is 10.8 Å². The molecule has 1 saturated heterocycles. The second-order valence-electron chi connectivity index (χ2n) is 4.71. The van der Waals surface area contributed by atoms with Gasteiger partial charge in [0, 0.05) is 17.0 Å². The number of benzene rings is 1. The fourth-order valence-electron chi connectivity index (χ4n) is 2.46. The molecule has 7 nitrogen and oxygen atoms in total. The van der Waals surface area contributed by atoms with Crippen molar-refractivity contribution in [2.75, 3.05) is 0 Å². The van der Waals surface area contributed by atoms with Gasteiger partial charge in [-0.05, 0) is 17.6 Å². The maximum absolute atomic E-state index is 11.9. The third kappa shape index (κ3) is 1.74. The third-order valence-electron chi connectivity index (χ3n) is 3.43. The Balaban J connectivity index is 1.98. The molecule has 3 aromatic rings. The largest absolute Gasteiger partial charge is 0.328 e. The molecule has 1 fully saturated rings. The Morgan fingerprint density at radius 3 is 2.55 bits per heavy atom. The monoisotopic (exact) mass is 312 g/mol.